The monoisotopic (exact) mass is 536 g/mol. The summed E-state index contributed by atoms with van der Waals surface area (Å²) in [5.74, 6) is 0.265. The summed E-state index contributed by atoms with van der Waals surface area (Å²) in [7, 11) is 0. The average Bonchev–Trinajstić information content (AvgIpc) is 3.42. The van der Waals surface area contributed by atoms with Gasteiger partial charge in [-0.15, -0.1) is 0 Å². The smallest absolute Gasteiger partial charge is 0.387 e. The minimum atomic E-state index is -0.838. The molecule has 0 aliphatic heterocycles. The van der Waals surface area contributed by atoms with Gasteiger partial charge >= 0.3 is 5.76 Å². The Balaban J connectivity index is 1.57. The Morgan fingerprint density at radius 1 is 0.975 bits per heavy atom. The zero-order chi connectivity index (χ0) is 28.1. The lowest BCUT2D eigenvalue weighted by Gasteiger charge is -2.19. The second-order valence-electron chi connectivity index (χ2n) is 9.90. The predicted molar refractivity (Wildman–Crippen MR) is 154 cm³/mol. The molecule has 5 aromatic rings. The SMILES string of the molecule is CCCCc1nc(C)n(CC(O)c2ccccc2)c(=O)c1Cc1ccc(-c2ccccc2)c(-c2noc(=O)[nH]2)c1. The number of H-pyrrole nitrogens is 1. The lowest BCUT2D eigenvalue weighted by atomic mass is 9.94. The molecule has 204 valence electrons. The van der Waals surface area contributed by atoms with Gasteiger partial charge in [0.05, 0.1) is 18.3 Å². The fourth-order valence-electron chi connectivity index (χ4n) is 4.97. The van der Waals surface area contributed by atoms with Gasteiger partial charge in [0, 0.05) is 17.5 Å². The highest BCUT2D eigenvalue weighted by molar-refractivity contribution is 5.81. The summed E-state index contributed by atoms with van der Waals surface area (Å²) in [6.07, 6.45) is 2.08. The lowest BCUT2D eigenvalue weighted by molar-refractivity contribution is 0.153. The van der Waals surface area contributed by atoms with E-state index in [-0.39, 0.29) is 12.1 Å². The van der Waals surface area contributed by atoms with Crippen molar-refractivity contribution < 1.29 is 9.63 Å². The molecule has 1 atom stereocenters. The van der Waals surface area contributed by atoms with E-state index in [2.05, 4.69) is 17.1 Å². The average molecular weight is 537 g/mol. The van der Waals surface area contributed by atoms with Crippen molar-refractivity contribution in [3.63, 3.8) is 0 Å². The predicted octanol–water partition coefficient (Wildman–Crippen LogP) is 5.23. The third kappa shape index (κ3) is 5.87. The van der Waals surface area contributed by atoms with E-state index < -0.39 is 11.9 Å². The number of aliphatic hydroxyl groups excluding tert-OH is 1. The molecule has 0 fully saturated rings. The van der Waals surface area contributed by atoms with Gasteiger partial charge in [-0.05, 0) is 48.1 Å². The van der Waals surface area contributed by atoms with Crippen LogP contribution in [-0.4, -0.2) is 24.8 Å². The highest BCUT2D eigenvalue weighted by Crippen LogP contribution is 2.31. The Kier molecular flexibility index (Phi) is 8.17. The first kappa shape index (κ1) is 27.0. The fraction of sp³-hybridized carbons (Fsp3) is 0.250. The van der Waals surface area contributed by atoms with Crippen LogP contribution in [0.4, 0.5) is 0 Å². The van der Waals surface area contributed by atoms with E-state index in [4.69, 9.17) is 9.51 Å². The van der Waals surface area contributed by atoms with Crippen LogP contribution in [0.2, 0.25) is 0 Å². The van der Waals surface area contributed by atoms with Crippen molar-refractivity contribution in [3.05, 3.63) is 128 Å². The van der Waals surface area contributed by atoms with Gasteiger partial charge in [0.25, 0.3) is 5.56 Å². The summed E-state index contributed by atoms with van der Waals surface area (Å²) in [4.78, 5) is 33.2. The highest BCUT2D eigenvalue weighted by Gasteiger charge is 2.19. The van der Waals surface area contributed by atoms with Crippen molar-refractivity contribution >= 4 is 0 Å². The second kappa shape index (κ2) is 12.1. The molecule has 0 radical (unpaired) electrons. The van der Waals surface area contributed by atoms with Gasteiger partial charge in [-0.2, -0.15) is 0 Å². The van der Waals surface area contributed by atoms with E-state index >= 15 is 0 Å². The third-order valence-corrected chi connectivity index (χ3v) is 7.09. The molecular formula is C32H32N4O4. The van der Waals surface area contributed by atoms with Gasteiger partial charge in [-0.1, -0.05) is 91.3 Å². The molecule has 3 aromatic carbocycles. The van der Waals surface area contributed by atoms with Crippen LogP contribution in [0.25, 0.3) is 22.5 Å². The molecule has 0 aliphatic rings. The number of aryl methyl sites for hydroxylation is 2. The quantitative estimate of drug-likeness (QED) is 0.253. The minimum absolute atomic E-state index is 0.112. The molecule has 40 heavy (non-hydrogen) atoms. The Hall–Kier alpha value is -4.56. The molecule has 0 amide bonds. The molecule has 0 spiro atoms. The third-order valence-electron chi connectivity index (χ3n) is 7.09. The first-order chi connectivity index (χ1) is 19.4. The first-order valence-corrected chi connectivity index (χ1v) is 13.5. The van der Waals surface area contributed by atoms with E-state index in [1.165, 1.54) is 0 Å². The summed E-state index contributed by atoms with van der Waals surface area (Å²) in [5.41, 5.74) is 5.38. The number of aromatic nitrogens is 4. The summed E-state index contributed by atoms with van der Waals surface area (Å²) >= 11 is 0. The molecule has 8 heteroatoms. The number of unbranched alkanes of at least 4 members (excludes halogenated alkanes) is 1. The number of rotatable bonds is 10. The van der Waals surface area contributed by atoms with Crippen LogP contribution in [0.15, 0.2) is 93.0 Å². The van der Waals surface area contributed by atoms with Crippen molar-refractivity contribution in [2.45, 2.75) is 52.2 Å². The van der Waals surface area contributed by atoms with E-state index in [0.29, 0.717) is 35.6 Å². The van der Waals surface area contributed by atoms with E-state index in [9.17, 15) is 14.7 Å². The molecule has 0 bridgehead atoms. The number of benzene rings is 3. The normalized spacial score (nSPS) is 12.0. The van der Waals surface area contributed by atoms with Gasteiger partial charge in [-0.25, -0.2) is 9.78 Å². The molecule has 1 unspecified atom stereocenters. The number of hydrogen-bond acceptors (Lipinski definition) is 6. The Labute approximate surface area is 232 Å². The molecule has 2 N–H and O–H groups in total. The van der Waals surface area contributed by atoms with Crippen LogP contribution in [0.5, 0.6) is 0 Å². The summed E-state index contributed by atoms with van der Waals surface area (Å²) < 4.78 is 6.37. The summed E-state index contributed by atoms with van der Waals surface area (Å²) in [6, 6.07) is 25.0. The van der Waals surface area contributed by atoms with E-state index in [1.807, 2.05) is 85.8 Å². The zero-order valence-corrected chi connectivity index (χ0v) is 22.6. The van der Waals surface area contributed by atoms with Crippen molar-refractivity contribution in [1.82, 2.24) is 19.7 Å². The Bertz CT molecular complexity index is 1700. The molecule has 8 nitrogen and oxygen atoms in total. The number of nitrogens with one attached hydrogen (secondary N) is 1. The maximum absolute atomic E-state index is 13.9. The first-order valence-electron chi connectivity index (χ1n) is 13.5. The van der Waals surface area contributed by atoms with Crippen LogP contribution in [0.3, 0.4) is 0 Å². The zero-order valence-electron chi connectivity index (χ0n) is 22.6. The molecule has 0 aliphatic carbocycles. The number of nitrogens with zero attached hydrogens (tertiary/aromatic N) is 3. The minimum Gasteiger partial charge on any atom is -0.387 e. The van der Waals surface area contributed by atoms with Gasteiger partial charge in [-0.3, -0.25) is 18.9 Å². The largest absolute Gasteiger partial charge is 0.439 e. The van der Waals surface area contributed by atoms with E-state index in [0.717, 1.165) is 40.8 Å². The molecule has 5 rings (SSSR count). The number of aromatic amines is 1. The van der Waals surface area contributed by atoms with Crippen molar-refractivity contribution in [1.29, 1.82) is 0 Å². The number of aliphatic hydroxyl groups is 1. The standard InChI is InChI=1S/C32H32N4O4/c1-3-4-15-28-27(31(38)36(21(2)33-28)20-29(37)24-13-9-6-10-14-24)19-22-16-17-25(23-11-7-5-8-12-23)26(18-22)30-34-32(39)40-35-30/h5-14,16-18,29,37H,3-4,15,19-20H2,1-2H3,(H,34,35,39). The molecule has 0 saturated heterocycles. The van der Waals surface area contributed by atoms with Crippen LogP contribution >= 0.6 is 0 Å². The maximum atomic E-state index is 13.9. The maximum Gasteiger partial charge on any atom is 0.439 e. The van der Waals surface area contributed by atoms with Gasteiger partial charge in [0.1, 0.15) is 5.82 Å². The molecular weight excluding hydrogens is 504 g/mol. The fourth-order valence-corrected chi connectivity index (χ4v) is 4.97. The van der Waals surface area contributed by atoms with Gasteiger partial charge in [0.15, 0.2) is 5.82 Å². The van der Waals surface area contributed by atoms with Crippen LogP contribution in [0, 0.1) is 6.92 Å². The Morgan fingerprint density at radius 3 is 2.38 bits per heavy atom. The van der Waals surface area contributed by atoms with Crippen molar-refractivity contribution in [3.8, 4) is 22.5 Å². The second-order valence-corrected chi connectivity index (χ2v) is 9.90. The van der Waals surface area contributed by atoms with Crippen molar-refractivity contribution in [2.75, 3.05) is 0 Å². The summed E-state index contributed by atoms with van der Waals surface area (Å²) in [5, 5.41) is 14.8. The van der Waals surface area contributed by atoms with Crippen LogP contribution in [-0.2, 0) is 19.4 Å². The summed E-state index contributed by atoms with van der Waals surface area (Å²) in [6.45, 7) is 4.03. The lowest BCUT2D eigenvalue weighted by Crippen LogP contribution is -2.31. The van der Waals surface area contributed by atoms with Crippen molar-refractivity contribution in [2.24, 2.45) is 0 Å². The topological polar surface area (TPSA) is 114 Å². The molecule has 0 saturated carbocycles. The van der Waals surface area contributed by atoms with Crippen LogP contribution in [0.1, 0.15) is 54.1 Å². The van der Waals surface area contributed by atoms with Gasteiger partial charge in [0.2, 0.25) is 0 Å². The number of hydrogen-bond donors (Lipinski definition) is 2. The highest BCUT2D eigenvalue weighted by atomic mass is 16.5. The van der Waals surface area contributed by atoms with E-state index in [1.54, 1.807) is 4.57 Å². The molecule has 2 heterocycles. The van der Waals surface area contributed by atoms with Crippen LogP contribution < -0.4 is 11.3 Å². The van der Waals surface area contributed by atoms with Gasteiger partial charge < -0.3 is 5.11 Å². The molecule has 2 aromatic heterocycles. The Morgan fingerprint density at radius 2 is 1.70 bits per heavy atom.